The number of aromatic hydroxyl groups is 1. The van der Waals surface area contributed by atoms with Crippen molar-refractivity contribution < 1.29 is 9.90 Å². The van der Waals surface area contributed by atoms with Crippen molar-refractivity contribution in [1.82, 2.24) is 9.88 Å². The number of hydrogen-bond acceptors (Lipinski definition) is 6. The molecule has 1 saturated heterocycles. The molecule has 0 saturated carbocycles. The topological polar surface area (TPSA) is 65.8 Å². The van der Waals surface area contributed by atoms with E-state index in [-0.39, 0.29) is 11.7 Å². The van der Waals surface area contributed by atoms with Gasteiger partial charge < -0.3 is 5.11 Å². The summed E-state index contributed by atoms with van der Waals surface area (Å²) < 4.78 is 0. The molecule has 2 aromatic rings. The van der Waals surface area contributed by atoms with Crippen molar-refractivity contribution in [3.05, 3.63) is 58.5 Å². The number of hydrogen-bond donors (Lipinski definition) is 1. The van der Waals surface area contributed by atoms with Gasteiger partial charge in [-0.05, 0) is 42.5 Å². The van der Waals surface area contributed by atoms with Crippen molar-refractivity contribution >= 4 is 45.4 Å². The molecule has 0 aliphatic carbocycles. The number of phenols is 1. The fourth-order valence-electron chi connectivity index (χ4n) is 2.12. The average molecular weight is 357 g/mol. The zero-order chi connectivity index (χ0) is 17.1. The number of benzene rings is 1. The van der Waals surface area contributed by atoms with Gasteiger partial charge in [0.2, 0.25) is 5.13 Å². The predicted octanol–water partition coefficient (Wildman–Crippen LogP) is 3.95. The van der Waals surface area contributed by atoms with Crippen LogP contribution in [-0.4, -0.2) is 32.6 Å². The van der Waals surface area contributed by atoms with E-state index in [1.807, 2.05) is 18.4 Å². The summed E-state index contributed by atoms with van der Waals surface area (Å²) in [6.45, 7) is 5.99. The molecule has 0 bridgehead atoms. The highest BCUT2D eigenvalue weighted by atomic mass is 32.2. The zero-order valence-corrected chi connectivity index (χ0v) is 14.6. The fourth-order valence-corrected chi connectivity index (χ4v) is 3.83. The highest BCUT2D eigenvalue weighted by Gasteiger charge is 2.32. The first-order valence-corrected chi connectivity index (χ1v) is 8.88. The average Bonchev–Trinajstić information content (AvgIpc) is 3.07. The molecule has 1 amide bonds. The highest BCUT2D eigenvalue weighted by Crippen LogP contribution is 2.34. The summed E-state index contributed by atoms with van der Waals surface area (Å²) in [5, 5.41) is 12.7. The number of amidine groups is 1. The van der Waals surface area contributed by atoms with E-state index in [1.54, 1.807) is 35.3 Å². The van der Waals surface area contributed by atoms with E-state index in [0.29, 0.717) is 21.7 Å². The number of nitrogens with zero attached hydrogens (tertiary/aromatic N) is 3. The minimum Gasteiger partial charge on any atom is -0.508 e. The molecule has 1 aliphatic rings. The summed E-state index contributed by atoms with van der Waals surface area (Å²) in [7, 11) is 0. The Labute approximate surface area is 148 Å². The molecule has 1 aliphatic heterocycles. The van der Waals surface area contributed by atoms with Crippen LogP contribution in [0.2, 0.25) is 0 Å². The molecule has 2 heterocycles. The van der Waals surface area contributed by atoms with Crippen molar-refractivity contribution in [2.45, 2.75) is 6.92 Å². The second kappa shape index (κ2) is 7.02. The highest BCUT2D eigenvalue weighted by molar-refractivity contribution is 8.18. The lowest BCUT2D eigenvalue weighted by molar-refractivity contribution is -0.121. The second-order valence-electron chi connectivity index (χ2n) is 5.08. The van der Waals surface area contributed by atoms with Crippen LogP contribution < -0.4 is 0 Å². The number of carbonyl (C=O) groups excluding carboxylic acids is 1. The van der Waals surface area contributed by atoms with Gasteiger partial charge in [0.1, 0.15) is 5.75 Å². The lowest BCUT2D eigenvalue weighted by atomic mass is 10.2. The molecule has 1 fully saturated rings. The summed E-state index contributed by atoms with van der Waals surface area (Å²) in [4.78, 5) is 23.6. The molecule has 0 radical (unpaired) electrons. The van der Waals surface area contributed by atoms with Crippen LogP contribution in [0, 0.1) is 6.92 Å². The third-order valence-electron chi connectivity index (χ3n) is 3.17. The van der Waals surface area contributed by atoms with Gasteiger partial charge in [-0.2, -0.15) is 4.99 Å². The van der Waals surface area contributed by atoms with Gasteiger partial charge in [-0.3, -0.25) is 9.69 Å². The molecule has 5 nitrogen and oxygen atoms in total. The van der Waals surface area contributed by atoms with Gasteiger partial charge in [0, 0.05) is 11.9 Å². The van der Waals surface area contributed by atoms with Crippen LogP contribution in [0.25, 0.3) is 6.08 Å². The van der Waals surface area contributed by atoms with E-state index in [1.165, 1.54) is 23.1 Å². The molecular weight excluding hydrogens is 342 g/mol. The Kier molecular flexibility index (Phi) is 4.82. The van der Waals surface area contributed by atoms with Crippen LogP contribution in [0.3, 0.4) is 0 Å². The number of amides is 1. The Bertz CT molecular complexity index is 855. The van der Waals surface area contributed by atoms with Gasteiger partial charge in [0.25, 0.3) is 5.91 Å². The van der Waals surface area contributed by atoms with Crippen LogP contribution in [-0.2, 0) is 4.79 Å². The minimum atomic E-state index is -0.129. The Morgan fingerprint density at radius 1 is 1.46 bits per heavy atom. The van der Waals surface area contributed by atoms with E-state index >= 15 is 0 Å². The summed E-state index contributed by atoms with van der Waals surface area (Å²) in [5.41, 5.74) is 1.66. The normalized spacial score (nSPS) is 17.9. The first-order chi connectivity index (χ1) is 11.6. The van der Waals surface area contributed by atoms with Crippen molar-refractivity contribution in [2.24, 2.45) is 4.99 Å². The van der Waals surface area contributed by atoms with Gasteiger partial charge in [-0.1, -0.05) is 18.2 Å². The lowest BCUT2D eigenvalue weighted by Crippen LogP contribution is -2.29. The van der Waals surface area contributed by atoms with Gasteiger partial charge in [0.05, 0.1) is 10.6 Å². The summed E-state index contributed by atoms with van der Waals surface area (Å²) in [5.74, 6) is 0.0326. The molecule has 3 rings (SSSR count). The Morgan fingerprint density at radius 3 is 2.96 bits per heavy atom. The Morgan fingerprint density at radius 2 is 2.29 bits per heavy atom. The number of rotatable bonds is 4. The number of carbonyl (C=O) groups is 1. The van der Waals surface area contributed by atoms with E-state index in [4.69, 9.17) is 0 Å². The molecule has 122 valence electrons. The van der Waals surface area contributed by atoms with Crippen LogP contribution >= 0.6 is 23.1 Å². The largest absolute Gasteiger partial charge is 0.508 e. The number of thioether (sulfide) groups is 1. The van der Waals surface area contributed by atoms with Crippen LogP contribution in [0.5, 0.6) is 5.75 Å². The maximum Gasteiger partial charge on any atom is 0.267 e. The first-order valence-electron chi connectivity index (χ1n) is 7.19. The molecular formula is C17H15N3O2S2. The van der Waals surface area contributed by atoms with Gasteiger partial charge in [-0.25, -0.2) is 4.98 Å². The Hall–Kier alpha value is -2.38. The van der Waals surface area contributed by atoms with E-state index in [9.17, 15) is 9.90 Å². The van der Waals surface area contributed by atoms with Crippen LogP contribution in [0.15, 0.2) is 52.2 Å². The monoisotopic (exact) mass is 357 g/mol. The molecule has 0 spiro atoms. The zero-order valence-electron chi connectivity index (χ0n) is 13.0. The minimum absolute atomic E-state index is 0.129. The molecule has 0 unspecified atom stereocenters. The summed E-state index contributed by atoms with van der Waals surface area (Å²) >= 11 is 2.73. The number of aliphatic imine (C=N–C) groups is 1. The quantitative estimate of drug-likeness (QED) is 0.665. The van der Waals surface area contributed by atoms with Crippen LogP contribution in [0.1, 0.15) is 11.3 Å². The summed E-state index contributed by atoms with van der Waals surface area (Å²) in [6.07, 6.45) is 3.41. The smallest absolute Gasteiger partial charge is 0.267 e. The van der Waals surface area contributed by atoms with Gasteiger partial charge in [0.15, 0.2) is 5.17 Å². The molecule has 1 N–H and O–H groups in total. The van der Waals surface area contributed by atoms with E-state index in [2.05, 4.69) is 16.6 Å². The molecule has 24 heavy (non-hydrogen) atoms. The predicted molar refractivity (Wildman–Crippen MR) is 99.5 cm³/mol. The number of aryl methyl sites for hydroxylation is 1. The van der Waals surface area contributed by atoms with Crippen molar-refractivity contribution in [3.8, 4) is 5.75 Å². The van der Waals surface area contributed by atoms with Crippen molar-refractivity contribution in [1.29, 1.82) is 0 Å². The van der Waals surface area contributed by atoms with Crippen molar-refractivity contribution in [2.75, 3.05) is 6.54 Å². The number of aromatic nitrogens is 1. The van der Waals surface area contributed by atoms with Crippen molar-refractivity contribution in [3.63, 3.8) is 0 Å². The molecule has 7 heteroatoms. The van der Waals surface area contributed by atoms with E-state index in [0.717, 1.165) is 11.3 Å². The fraction of sp³-hybridized carbons (Fsp3) is 0.118. The molecule has 1 aromatic carbocycles. The maximum atomic E-state index is 12.6. The van der Waals surface area contributed by atoms with Crippen LogP contribution in [0.4, 0.5) is 5.13 Å². The molecule has 1 aromatic heterocycles. The maximum absolute atomic E-state index is 12.6. The molecule has 0 atom stereocenters. The second-order valence-corrected chi connectivity index (χ2v) is 6.92. The number of phenolic OH excluding ortho intramolecular Hbond substituents is 1. The van der Waals surface area contributed by atoms with Gasteiger partial charge >= 0.3 is 0 Å². The standard InChI is InChI=1S/C17H15N3O2S2/c1-3-7-20-15(22)14(9-12-5-4-6-13(21)8-12)24-17(20)19-16-18-11(2)10-23-16/h3-6,8-10,21H,1,7H2,2H3/b14-9-,19-17+. The lowest BCUT2D eigenvalue weighted by Gasteiger charge is -2.11. The third kappa shape index (κ3) is 3.58. The Balaban J connectivity index is 1.95. The third-order valence-corrected chi connectivity index (χ3v) is 5.02. The summed E-state index contributed by atoms with van der Waals surface area (Å²) in [6, 6.07) is 6.77. The number of thiazole rings is 1. The van der Waals surface area contributed by atoms with E-state index < -0.39 is 0 Å². The first kappa shape index (κ1) is 16.5. The SMILES string of the molecule is C=CCN1C(=O)/C(=C/c2cccc(O)c2)S/C1=N/c1nc(C)cs1. The van der Waals surface area contributed by atoms with Gasteiger partial charge in [-0.15, -0.1) is 17.9 Å².